The molecule has 0 radical (unpaired) electrons. The van der Waals surface area contributed by atoms with Crippen LogP contribution >= 0.6 is 11.6 Å². The smallest absolute Gasteiger partial charge is 0.435 e. The number of benzene rings is 1. The van der Waals surface area contributed by atoms with Crippen LogP contribution in [0, 0.1) is 0 Å². The second kappa shape index (κ2) is 8.75. The number of fused-ring (bicyclic) bond motifs is 1. The van der Waals surface area contributed by atoms with E-state index in [0.717, 1.165) is 4.68 Å². The minimum absolute atomic E-state index is 0.0102. The topological polar surface area (TPSA) is 102 Å². The predicted octanol–water partition coefficient (Wildman–Crippen LogP) is 2.43. The molecule has 0 saturated heterocycles. The van der Waals surface area contributed by atoms with E-state index in [0.29, 0.717) is 10.8 Å². The minimum Gasteiger partial charge on any atom is -0.495 e. The summed E-state index contributed by atoms with van der Waals surface area (Å²) < 4.78 is 46.7. The van der Waals surface area contributed by atoms with Crippen LogP contribution in [0.4, 0.5) is 18.9 Å². The van der Waals surface area contributed by atoms with Crippen LogP contribution in [0.25, 0.3) is 0 Å². The highest BCUT2D eigenvalue weighted by Crippen LogP contribution is 2.35. The Bertz CT molecular complexity index is 1010. The fraction of sp³-hybridized carbons (Fsp3) is 0.421. The Balaban J connectivity index is 1.89. The van der Waals surface area contributed by atoms with Crippen LogP contribution in [0.15, 0.2) is 18.2 Å². The lowest BCUT2D eigenvalue weighted by Gasteiger charge is -2.31. The molecule has 0 fully saturated rings. The molecule has 8 nitrogen and oxygen atoms in total. The van der Waals surface area contributed by atoms with Crippen molar-refractivity contribution in [3.63, 3.8) is 0 Å². The molecule has 1 unspecified atom stereocenters. The first-order chi connectivity index (χ1) is 14.5. The van der Waals surface area contributed by atoms with Crippen molar-refractivity contribution in [2.75, 3.05) is 19.0 Å². The van der Waals surface area contributed by atoms with Crippen molar-refractivity contribution in [3.05, 3.63) is 40.2 Å². The van der Waals surface area contributed by atoms with E-state index >= 15 is 0 Å². The third-order valence-electron chi connectivity index (χ3n) is 5.13. The molecule has 3 rings (SSSR count). The number of primary amides is 1. The van der Waals surface area contributed by atoms with E-state index in [1.807, 2.05) is 0 Å². The maximum atomic E-state index is 13.5. The number of amides is 2. The fourth-order valence-electron chi connectivity index (χ4n) is 3.47. The lowest BCUT2D eigenvalue weighted by molar-refractivity contribution is -0.142. The van der Waals surface area contributed by atoms with Gasteiger partial charge >= 0.3 is 6.18 Å². The zero-order valence-electron chi connectivity index (χ0n) is 16.8. The number of aromatic nitrogens is 2. The van der Waals surface area contributed by atoms with Crippen LogP contribution in [0.3, 0.4) is 0 Å². The number of nitrogens with zero attached hydrogens (tertiary/aromatic N) is 3. The van der Waals surface area contributed by atoms with Crippen LogP contribution < -0.4 is 15.8 Å². The zero-order valence-corrected chi connectivity index (χ0v) is 17.5. The predicted molar refractivity (Wildman–Crippen MR) is 107 cm³/mol. The monoisotopic (exact) mass is 459 g/mol. The van der Waals surface area contributed by atoms with Gasteiger partial charge in [0.1, 0.15) is 12.3 Å². The van der Waals surface area contributed by atoms with Crippen LogP contribution in [0.2, 0.25) is 5.02 Å². The zero-order chi connectivity index (χ0) is 22.9. The highest BCUT2D eigenvalue weighted by Gasteiger charge is 2.41. The summed E-state index contributed by atoms with van der Waals surface area (Å²) in [6.45, 7) is 1.35. The largest absolute Gasteiger partial charge is 0.495 e. The molecule has 1 aromatic heterocycles. The second-order valence-electron chi connectivity index (χ2n) is 7.12. The van der Waals surface area contributed by atoms with Crippen molar-refractivity contribution in [1.82, 2.24) is 14.7 Å². The van der Waals surface area contributed by atoms with Crippen molar-refractivity contribution in [3.8, 4) is 5.75 Å². The molecule has 31 heavy (non-hydrogen) atoms. The molecule has 0 aliphatic carbocycles. The van der Waals surface area contributed by atoms with Gasteiger partial charge in [0, 0.05) is 23.7 Å². The molecule has 12 heteroatoms. The average Bonchev–Trinajstić information content (AvgIpc) is 3.05. The number of nitrogens with two attached hydrogens (primary N) is 1. The lowest BCUT2D eigenvalue weighted by atomic mass is 10.0. The number of rotatable bonds is 6. The van der Waals surface area contributed by atoms with Gasteiger partial charge < -0.3 is 15.8 Å². The molecule has 1 atom stereocenters. The van der Waals surface area contributed by atoms with Crippen molar-refractivity contribution in [1.29, 1.82) is 0 Å². The van der Waals surface area contributed by atoms with Gasteiger partial charge in [-0.1, -0.05) is 11.6 Å². The number of nitrogens with one attached hydrogen (secondary N) is 1. The van der Waals surface area contributed by atoms with Gasteiger partial charge in [-0.2, -0.15) is 18.3 Å². The van der Waals surface area contributed by atoms with Crippen LogP contribution in [0.5, 0.6) is 5.75 Å². The van der Waals surface area contributed by atoms with Crippen LogP contribution in [-0.2, 0) is 35.3 Å². The summed E-state index contributed by atoms with van der Waals surface area (Å²) in [6, 6.07) is 3.92. The van der Waals surface area contributed by atoms with E-state index in [1.165, 1.54) is 13.2 Å². The maximum Gasteiger partial charge on any atom is 0.435 e. The minimum atomic E-state index is -4.67. The first kappa shape index (κ1) is 22.9. The first-order valence-electron chi connectivity index (χ1n) is 9.33. The Morgan fingerprint density at radius 2 is 2.10 bits per heavy atom. The highest BCUT2D eigenvalue weighted by molar-refractivity contribution is 6.31. The van der Waals surface area contributed by atoms with E-state index in [9.17, 15) is 22.8 Å². The molecule has 0 bridgehead atoms. The SMILES string of the molecule is COc1ccc(Cl)cc1NC(=O)Cn1nc(C(F)(F)F)c2c1CN(C(C)C(N)=O)CC2. The second-order valence-corrected chi connectivity index (χ2v) is 7.56. The van der Waals surface area contributed by atoms with E-state index in [1.54, 1.807) is 24.0 Å². The number of carbonyl (C=O) groups is 2. The molecule has 1 aromatic carbocycles. The number of anilines is 1. The molecule has 0 spiro atoms. The van der Waals surface area contributed by atoms with Crippen molar-refractivity contribution >= 4 is 29.1 Å². The van der Waals surface area contributed by atoms with Gasteiger partial charge in [0.2, 0.25) is 11.8 Å². The first-order valence-corrected chi connectivity index (χ1v) is 9.71. The normalized spacial score (nSPS) is 15.3. The molecule has 2 amide bonds. The maximum absolute atomic E-state index is 13.5. The van der Waals surface area contributed by atoms with E-state index < -0.39 is 36.3 Å². The summed E-state index contributed by atoms with van der Waals surface area (Å²) in [6.07, 6.45) is -4.63. The number of methoxy groups -OCH3 is 1. The Morgan fingerprint density at radius 1 is 1.39 bits per heavy atom. The summed E-state index contributed by atoms with van der Waals surface area (Å²) in [5.41, 5.74) is 4.83. The number of hydrogen-bond donors (Lipinski definition) is 2. The third kappa shape index (κ3) is 4.93. The number of halogens is 4. The lowest BCUT2D eigenvalue weighted by Crippen LogP contribution is -2.45. The Hall–Kier alpha value is -2.79. The molecule has 168 valence electrons. The van der Waals surface area contributed by atoms with Gasteiger partial charge in [0.15, 0.2) is 5.69 Å². The Kier molecular flexibility index (Phi) is 6.46. The van der Waals surface area contributed by atoms with Gasteiger partial charge in [-0.25, -0.2) is 0 Å². The fourth-order valence-corrected chi connectivity index (χ4v) is 3.65. The molecular weight excluding hydrogens is 439 g/mol. The Labute approximate surface area is 181 Å². The number of carbonyl (C=O) groups excluding carboxylic acids is 2. The number of alkyl halides is 3. The van der Waals surface area contributed by atoms with Crippen molar-refractivity contribution in [2.45, 2.75) is 38.7 Å². The molecule has 2 aromatic rings. The van der Waals surface area contributed by atoms with Crippen molar-refractivity contribution < 1.29 is 27.5 Å². The molecular formula is C19H21ClF3N5O3. The van der Waals surface area contributed by atoms with Gasteiger partial charge in [-0.15, -0.1) is 0 Å². The molecule has 0 saturated carbocycles. The van der Waals surface area contributed by atoms with E-state index in [2.05, 4.69) is 10.4 Å². The summed E-state index contributed by atoms with van der Waals surface area (Å²) in [4.78, 5) is 25.8. The molecule has 3 N–H and O–H groups in total. The van der Waals surface area contributed by atoms with Gasteiger partial charge in [-0.05, 0) is 31.5 Å². The van der Waals surface area contributed by atoms with E-state index in [4.69, 9.17) is 22.1 Å². The Morgan fingerprint density at radius 3 is 2.71 bits per heavy atom. The summed E-state index contributed by atoms with van der Waals surface area (Å²) >= 11 is 5.94. The van der Waals surface area contributed by atoms with Gasteiger partial charge in [0.25, 0.3) is 0 Å². The summed E-state index contributed by atoms with van der Waals surface area (Å²) in [5, 5.41) is 6.60. The van der Waals surface area contributed by atoms with Crippen molar-refractivity contribution in [2.24, 2.45) is 5.73 Å². The summed E-state index contributed by atoms with van der Waals surface area (Å²) in [7, 11) is 1.41. The molecule has 1 aliphatic heterocycles. The third-order valence-corrected chi connectivity index (χ3v) is 5.36. The number of hydrogen-bond acceptors (Lipinski definition) is 5. The summed E-state index contributed by atoms with van der Waals surface area (Å²) in [5.74, 6) is -0.853. The van der Waals surface area contributed by atoms with Gasteiger partial charge in [-0.3, -0.25) is 19.2 Å². The van der Waals surface area contributed by atoms with Gasteiger partial charge in [0.05, 0.1) is 24.5 Å². The van der Waals surface area contributed by atoms with E-state index in [-0.39, 0.29) is 36.5 Å². The average molecular weight is 460 g/mol. The van der Waals surface area contributed by atoms with Crippen LogP contribution in [0.1, 0.15) is 23.9 Å². The van der Waals surface area contributed by atoms with Crippen LogP contribution in [-0.4, -0.2) is 46.2 Å². The molecule has 2 heterocycles. The molecule has 1 aliphatic rings. The quantitative estimate of drug-likeness (QED) is 0.690. The standard InChI is InChI=1S/C19H21ClF3N5O3/c1-10(18(24)30)27-6-5-12-14(8-27)28(26-17(12)19(21,22)23)9-16(29)25-13-7-11(20)3-4-15(13)31-2/h3-4,7,10H,5-6,8-9H2,1-2H3,(H2,24,30)(H,25,29). The highest BCUT2D eigenvalue weighted by atomic mass is 35.5. The number of ether oxygens (including phenoxy) is 1.